The Morgan fingerprint density at radius 2 is 2.23 bits per heavy atom. The standard InChI is InChI=1S/C21H25FN4O4S/c1-29-11-15-10-26-20(30-15)18(9-23-26)31(2,28)25-21(27)24-19-16-5-3-4-12(16)6-13-7-14(22)8-17(13)19/h6,9,14-15H,3-5,7-8,10-11H2,1-2H3,(H,24,27)/t14-,15+,31+/m1/s1. The van der Waals surface area contributed by atoms with Crippen LogP contribution < -0.4 is 10.1 Å². The van der Waals surface area contributed by atoms with Crippen LogP contribution in [-0.4, -0.2) is 52.3 Å². The van der Waals surface area contributed by atoms with Gasteiger partial charge in [0.05, 0.1) is 29.1 Å². The summed E-state index contributed by atoms with van der Waals surface area (Å²) in [5, 5.41) is 7.05. The number of rotatable bonds is 4. The lowest BCUT2D eigenvalue weighted by Crippen LogP contribution is -2.21. The van der Waals surface area contributed by atoms with E-state index in [0.717, 1.165) is 41.5 Å². The van der Waals surface area contributed by atoms with Gasteiger partial charge in [-0.15, -0.1) is 4.36 Å². The summed E-state index contributed by atoms with van der Waals surface area (Å²) in [6.07, 6.45) is 5.09. The molecule has 0 unspecified atom stereocenters. The van der Waals surface area contributed by atoms with E-state index < -0.39 is 21.9 Å². The maximum atomic E-state index is 14.1. The first kappa shape index (κ1) is 20.4. The second-order valence-corrected chi connectivity index (χ2v) is 10.6. The molecule has 0 bridgehead atoms. The summed E-state index contributed by atoms with van der Waals surface area (Å²) in [5.74, 6) is 0.355. The summed E-state index contributed by atoms with van der Waals surface area (Å²) in [4.78, 5) is 13.1. The molecule has 2 aliphatic carbocycles. The van der Waals surface area contributed by atoms with E-state index in [1.807, 2.05) is 0 Å². The maximum absolute atomic E-state index is 14.1. The third-order valence-electron chi connectivity index (χ3n) is 6.13. The van der Waals surface area contributed by atoms with Crippen LogP contribution in [0, 0.1) is 0 Å². The molecule has 0 saturated carbocycles. The molecule has 1 aliphatic heterocycles. The summed E-state index contributed by atoms with van der Waals surface area (Å²) in [7, 11) is -1.52. The van der Waals surface area contributed by atoms with Gasteiger partial charge in [-0.2, -0.15) is 5.10 Å². The zero-order valence-corrected chi connectivity index (χ0v) is 18.3. The first-order chi connectivity index (χ1) is 14.9. The number of halogens is 1. The summed E-state index contributed by atoms with van der Waals surface area (Å²) in [6.45, 7) is 0.864. The van der Waals surface area contributed by atoms with Crippen molar-refractivity contribution in [1.82, 2.24) is 9.78 Å². The number of benzene rings is 1. The Bertz CT molecular complexity index is 1180. The van der Waals surface area contributed by atoms with Gasteiger partial charge < -0.3 is 14.8 Å². The van der Waals surface area contributed by atoms with Crippen LogP contribution in [0.15, 0.2) is 21.5 Å². The SMILES string of the molecule is COC[C@@H]1Cn2ncc([S@](C)(=O)=NC(=O)Nc3c4c(cc5c3C[C@H](F)C5)CCC4)c2O1. The van der Waals surface area contributed by atoms with Gasteiger partial charge in [-0.3, -0.25) is 0 Å². The van der Waals surface area contributed by atoms with E-state index in [2.05, 4.69) is 20.8 Å². The third kappa shape index (κ3) is 3.61. The normalized spacial score (nSPS) is 22.9. The van der Waals surface area contributed by atoms with Gasteiger partial charge in [0.15, 0.2) is 0 Å². The van der Waals surface area contributed by atoms with Crippen LogP contribution in [0.5, 0.6) is 5.88 Å². The van der Waals surface area contributed by atoms with Crippen molar-refractivity contribution in [1.29, 1.82) is 0 Å². The first-order valence-electron chi connectivity index (χ1n) is 10.4. The minimum atomic E-state index is -3.10. The molecule has 8 nitrogen and oxygen atoms in total. The number of hydrogen-bond donors (Lipinski definition) is 1. The average Bonchev–Trinajstić information content (AvgIpc) is 3.43. The highest BCUT2D eigenvalue weighted by Gasteiger charge is 2.32. The van der Waals surface area contributed by atoms with E-state index in [4.69, 9.17) is 9.47 Å². The van der Waals surface area contributed by atoms with E-state index in [-0.39, 0.29) is 17.4 Å². The number of hydrogen-bond acceptors (Lipinski definition) is 5. The van der Waals surface area contributed by atoms with E-state index in [0.29, 0.717) is 31.1 Å². The van der Waals surface area contributed by atoms with Gasteiger partial charge in [-0.1, -0.05) is 6.07 Å². The molecule has 10 heteroatoms. The van der Waals surface area contributed by atoms with Gasteiger partial charge in [0.2, 0.25) is 5.88 Å². The van der Waals surface area contributed by atoms with Gasteiger partial charge in [-0.05, 0) is 41.5 Å². The lowest BCUT2D eigenvalue weighted by molar-refractivity contribution is 0.0920. The van der Waals surface area contributed by atoms with Crippen LogP contribution in [0.4, 0.5) is 14.9 Å². The van der Waals surface area contributed by atoms with Crippen molar-refractivity contribution in [2.75, 3.05) is 25.3 Å². The molecule has 5 rings (SSSR count). The number of nitrogens with one attached hydrogen (secondary N) is 1. The van der Waals surface area contributed by atoms with E-state index in [1.165, 1.54) is 12.5 Å². The highest BCUT2D eigenvalue weighted by atomic mass is 32.2. The highest BCUT2D eigenvalue weighted by molar-refractivity contribution is 7.93. The van der Waals surface area contributed by atoms with Crippen molar-refractivity contribution in [2.24, 2.45) is 4.36 Å². The Hall–Kier alpha value is -2.46. The molecule has 0 fully saturated rings. The van der Waals surface area contributed by atoms with Crippen LogP contribution in [0.2, 0.25) is 0 Å². The average molecular weight is 449 g/mol. The zero-order chi connectivity index (χ0) is 21.8. The number of fused-ring (bicyclic) bond motifs is 3. The molecule has 2 aromatic rings. The third-order valence-corrected chi connectivity index (χ3v) is 7.74. The van der Waals surface area contributed by atoms with Crippen LogP contribution in [-0.2, 0) is 46.7 Å². The topological polar surface area (TPSA) is 94.8 Å². The van der Waals surface area contributed by atoms with Crippen molar-refractivity contribution < 1.29 is 22.9 Å². The fourth-order valence-electron chi connectivity index (χ4n) is 4.81. The molecule has 2 heterocycles. The van der Waals surface area contributed by atoms with Crippen molar-refractivity contribution in [2.45, 2.75) is 55.8 Å². The second-order valence-electron chi connectivity index (χ2n) is 8.40. The summed E-state index contributed by atoms with van der Waals surface area (Å²) in [5.41, 5.74) is 4.67. The summed E-state index contributed by atoms with van der Waals surface area (Å²) >= 11 is 0. The van der Waals surface area contributed by atoms with Crippen molar-refractivity contribution in [3.63, 3.8) is 0 Å². The number of alkyl halides is 1. The number of amides is 2. The van der Waals surface area contributed by atoms with Crippen LogP contribution in [0.1, 0.15) is 28.7 Å². The molecule has 0 saturated heterocycles. The van der Waals surface area contributed by atoms with Crippen molar-refractivity contribution in [3.8, 4) is 5.88 Å². The molecule has 31 heavy (non-hydrogen) atoms. The Kier molecular flexibility index (Phi) is 5.01. The Morgan fingerprint density at radius 1 is 1.39 bits per heavy atom. The molecule has 1 aromatic carbocycles. The maximum Gasteiger partial charge on any atom is 0.353 e. The van der Waals surface area contributed by atoms with Gasteiger partial charge in [0.25, 0.3) is 0 Å². The molecule has 1 aromatic heterocycles. The Balaban J connectivity index is 1.44. The molecular formula is C21H25FN4O4S. The minimum absolute atomic E-state index is 0.223. The number of methoxy groups -OCH3 is 1. The van der Waals surface area contributed by atoms with Crippen LogP contribution in [0.3, 0.4) is 0 Å². The molecule has 2 amide bonds. The molecule has 166 valence electrons. The molecule has 1 N–H and O–H groups in total. The quantitative estimate of drug-likeness (QED) is 0.776. The lowest BCUT2D eigenvalue weighted by atomic mass is 9.99. The van der Waals surface area contributed by atoms with Crippen LogP contribution >= 0.6 is 0 Å². The first-order valence-corrected chi connectivity index (χ1v) is 12.3. The number of aryl methyl sites for hydroxylation is 1. The van der Waals surface area contributed by atoms with Gasteiger partial charge in [0, 0.05) is 31.9 Å². The summed E-state index contributed by atoms with van der Waals surface area (Å²) in [6, 6.07) is 1.38. The number of aromatic nitrogens is 2. The molecule has 3 atom stereocenters. The monoisotopic (exact) mass is 448 g/mol. The van der Waals surface area contributed by atoms with Crippen LogP contribution in [0.25, 0.3) is 0 Å². The number of ether oxygens (including phenoxy) is 2. The minimum Gasteiger partial charge on any atom is -0.469 e. The zero-order valence-electron chi connectivity index (χ0n) is 17.5. The number of anilines is 1. The fraction of sp³-hybridized carbons (Fsp3) is 0.524. The van der Waals surface area contributed by atoms with E-state index in [1.54, 1.807) is 11.8 Å². The number of carbonyl (C=O) groups is 1. The second kappa shape index (κ2) is 7.59. The molecule has 0 radical (unpaired) electrons. The van der Waals surface area contributed by atoms with Gasteiger partial charge in [-0.25, -0.2) is 18.1 Å². The molecule has 0 spiro atoms. The molecular weight excluding hydrogens is 423 g/mol. The predicted molar refractivity (Wildman–Crippen MR) is 113 cm³/mol. The van der Waals surface area contributed by atoms with E-state index in [9.17, 15) is 13.4 Å². The fourth-order valence-corrected chi connectivity index (χ4v) is 5.99. The van der Waals surface area contributed by atoms with Crippen molar-refractivity contribution >= 4 is 21.4 Å². The number of urea groups is 1. The lowest BCUT2D eigenvalue weighted by Gasteiger charge is -2.15. The highest BCUT2D eigenvalue weighted by Crippen LogP contribution is 2.39. The number of carbonyl (C=O) groups excluding carboxylic acids is 1. The Labute approximate surface area is 180 Å². The van der Waals surface area contributed by atoms with E-state index >= 15 is 0 Å². The molecule has 3 aliphatic rings. The predicted octanol–water partition coefficient (Wildman–Crippen LogP) is 2.90. The van der Waals surface area contributed by atoms with Crippen molar-refractivity contribution in [3.05, 3.63) is 34.5 Å². The van der Waals surface area contributed by atoms with Gasteiger partial charge in [0.1, 0.15) is 17.2 Å². The number of nitrogens with zero attached hydrogens (tertiary/aromatic N) is 3. The Morgan fingerprint density at radius 3 is 3.03 bits per heavy atom. The largest absolute Gasteiger partial charge is 0.469 e. The van der Waals surface area contributed by atoms with Gasteiger partial charge >= 0.3 is 6.03 Å². The smallest absolute Gasteiger partial charge is 0.353 e. The summed E-state index contributed by atoms with van der Waals surface area (Å²) < 4.78 is 43.9.